The van der Waals surface area contributed by atoms with Crippen LogP contribution in [-0.2, 0) is 29.8 Å². The minimum absolute atomic E-state index is 0.0715. The molecule has 1 aliphatic heterocycles. The maximum absolute atomic E-state index is 13.1. The highest BCUT2D eigenvalue weighted by molar-refractivity contribution is 7.84. The average Bonchev–Trinajstić information content (AvgIpc) is 2.81. The Morgan fingerprint density at radius 3 is 2.58 bits per heavy atom. The number of anilines is 1. The molecule has 0 spiro atoms. The van der Waals surface area contributed by atoms with Crippen molar-refractivity contribution in [3.63, 3.8) is 0 Å². The summed E-state index contributed by atoms with van der Waals surface area (Å²) >= 11 is 0. The van der Waals surface area contributed by atoms with Crippen molar-refractivity contribution < 1.29 is 17.4 Å². The molecule has 8 nitrogen and oxygen atoms in total. The lowest BCUT2D eigenvalue weighted by molar-refractivity contribution is 0.0734. The summed E-state index contributed by atoms with van der Waals surface area (Å²) in [7, 11) is -4.10. The molecule has 2 heterocycles. The predicted octanol–water partition coefficient (Wildman–Crippen LogP) is 2.89. The number of nitrogens with zero attached hydrogens (tertiary/aromatic N) is 3. The Bertz CT molecular complexity index is 1230. The number of nitrogens with two attached hydrogens (primary N) is 1. The molecule has 2 aromatic carbocycles. The van der Waals surface area contributed by atoms with E-state index in [9.17, 15) is 13.2 Å². The van der Waals surface area contributed by atoms with Gasteiger partial charge in [0.15, 0.2) is 0 Å². The number of carbonyl (C=O) groups is 1. The van der Waals surface area contributed by atoms with Gasteiger partial charge in [-0.05, 0) is 73.0 Å². The molecule has 1 aliphatic rings. The Kier molecular flexibility index (Phi) is 6.62. The molecule has 1 amide bonds. The maximum Gasteiger partial charge on any atom is 0.380 e. The van der Waals surface area contributed by atoms with Gasteiger partial charge in [0.25, 0.3) is 5.91 Å². The molecule has 0 saturated heterocycles. The summed E-state index contributed by atoms with van der Waals surface area (Å²) in [5, 5.41) is 4.96. The largest absolute Gasteiger partial charge is 0.380 e. The van der Waals surface area contributed by atoms with E-state index in [1.165, 1.54) is 0 Å². The first-order valence-corrected chi connectivity index (χ1v) is 12.2. The molecule has 4 rings (SSSR count). The van der Waals surface area contributed by atoms with E-state index in [1.807, 2.05) is 48.5 Å². The van der Waals surface area contributed by atoms with E-state index in [1.54, 1.807) is 23.2 Å². The zero-order chi connectivity index (χ0) is 23.4. The molecule has 9 heteroatoms. The Labute approximate surface area is 193 Å². The third-order valence-electron chi connectivity index (χ3n) is 5.63. The molecule has 0 fully saturated rings. The second-order valence-corrected chi connectivity index (χ2v) is 9.02. The van der Waals surface area contributed by atoms with Crippen LogP contribution < -0.4 is 14.2 Å². The van der Waals surface area contributed by atoms with Gasteiger partial charge in [0.1, 0.15) is 5.75 Å². The van der Waals surface area contributed by atoms with Crippen molar-refractivity contribution in [1.29, 1.82) is 0 Å². The first-order chi connectivity index (χ1) is 15.8. The van der Waals surface area contributed by atoms with Gasteiger partial charge in [-0.15, -0.1) is 0 Å². The lowest BCUT2D eigenvalue weighted by atomic mass is 9.99. The number of amides is 1. The quantitative estimate of drug-likeness (QED) is 0.574. The molecule has 0 saturated carbocycles. The minimum atomic E-state index is -4.10. The van der Waals surface area contributed by atoms with Crippen LogP contribution in [0.5, 0.6) is 5.75 Å². The summed E-state index contributed by atoms with van der Waals surface area (Å²) in [6.45, 7) is 4.55. The Hall–Kier alpha value is -3.43. The van der Waals surface area contributed by atoms with E-state index in [0.717, 1.165) is 29.1 Å². The number of rotatable bonds is 7. The van der Waals surface area contributed by atoms with Gasteiger partial charge in [0.2, 0.25) is 0 Å². The zero-order valence-corrected chi connectivity index (χ0v) is 19.2. The van der Waals surface area contributed by atoms with E-state index in [-0.39, 0.29) is 11.7 Å². The van der Waals surface area contributed by atoms with E-state index >= 15 is 0 Å². The van der Waals surface area contributed by atoms with Crippen molar-refractivity contribution >= 4 is 21.9 Å². The third kappa shape index (κ3) is 5.68. The van der Waals surface area contributed by atoms with Crippen molar-refractivity contribution in [3.05, 3.63) is 89.2 Å². The number of benzene rings is 2. The van der Waals surface area contributed by atoms with Crippen LogP contribution in [0.4, 0.5) is 5.69 Å². The molecular formula is C24H26N4O4S. The first kappa shape index (κ1) is 22.8. The second kappa shape index (κ2) is 9.60. The third-order valence-corrected chi connectivity index (χ3v) is 6.05. The highest BCUT2D eigenvalue weighted by atomic mass is 32.2. The maximum atomic E-state index is 13.1. The lowest BCUT2D eigenvalue weighted by Crippen LogP contribution is -2.36. The van der Waals surface area contributed by atoms with Gasteiger partial charge in [0, 0.05) is 37.1 Å². The molecule has 2 N–H and O–H groups in total. The van der Waals surface area contributed by atoms with Crippen LogP contribution in [-0.4, -0.2) is 37.3 Å². The monoisotopic (exact) mass is 466 g/mol. The average molecular weight is 467 g/mol. The number of carbonyl (C=O) groups excluding carboxylic acids is 1. The minimum Gasteiger partial charge on any atom is -0.371 e. The standard InChI is InChI=1S/C24H26N4O4S/c1-2-27(17-21-5-3-4-13-26-21)22-9-6-19(7-10-22)24(29)28-14-12-18-8-11-23(15-20(18)16-28)32-33(25,30)31/h3-11,13,15H,2,12,14,16-17H2,1H3,(H2,25,30,31). The molecule has 33 heavy (non-hydrogen) atoms. The van der Waals surface area contributed by atoms with Crippen molar-refractivity contribution in [2.75, 3.05) is 18.0 Å². The summed E-state index contributed by atoms with van der Waals surface area (Å²) in [6, 6.07) is 18.5. The van der Waals surface area contributed by atoms with Crippen molar-refractivity contribution in [2.24, 2.45) is 5.14 Å². The van der Waals surface area contributed by atoms with E-state index < -0.39 is 10.3 Å². The van der Waals surface area contributed by atoms with Crippen LogP contribution in [0.1, 0.15) is 34.1 Å². The summed E-state index contributed by atoms with van der Waals surface area (Å²) < 4.78 is 27.2. The normalized spacial score (nSPS) is 13.3. The van der Waals surface area contributed by atoms with Crippen LogP contribution in [0, 0.1) is 0 Å². The van der Waals surface area contributed by atoms with E-state index in [0.29, 0.717) is 31.6 Å². The number of aromatic nitrogens is 1. The molecule has 0 radical (unpaired) electrons. The van der Waals surface area contributed by atoms with E-state index in [4.69, 9.17) is 9.32 Å². The second-order valence-electron chi connectivity index (χ2n) is 7.87. The number of pyridine rings is 1. The van der Waals surface area contributed by atoms with Crippen LogP contribution in [0.3, 0.4) is 0 Å². The van der Waals surface area contributed by atoms with Gasteiger partial charge in [-0.25, -0.2) is 0 Å². The molecule has 1 aromatic heterocycles. The Morgan fingerprint density at radius 1 is 1.12 bits per heavy atom. The highest BCUT2D eigenvalue weighted by Gasteiger charge is 2.23. The fourth-order valence-electron chi connectivity index (χ4n) is 3.96. The number of hydrogen-bond acceptors (Lipinski definition) is 6. The van der Waals surface area contributed by atoms with Gasteiger partial charge in [-0.3, -0.25) is 9.78 Å². The first-order valence-electron chi connectivity index (χ1n) is 10.7. The molecule has 0 unspecified atom stereocenters. The SMILES string of the molecule is CCN(Cc1ccccn1)c1ccc(C(=O)N2CCc3ccc(OS(N)(=O)=O)cc3C2)cc1. The van der Waals surface area contributed by atoms with Gasteiger partial charge in [-0.1, -0.05) is 12.1 Å². The number of fused-ring (bicyclic) bond motifs is 1. The van der Waals surface area contributed by atoms with Crippen LogP contribution in [0.25, 0.3) is 0 Å². The molecule has 0 bridgehead atoms. The smallest absolute Gasteiger partial charge is 0.371 e. The molecule has 0 atom stereocenters. The predicted molar refractivity (Wildman–Crippen MR) is 126 cm³/mol. The van der Waals surface area contributed by atoms with Gasteiger partial charge in [-0.2, -0.15) is 13.6 Å². The van der Waals surface area contributed by atoms with Gasteiger partial charge < -0.3 is 14.0 Å². The molecule has 172 valence electrons. The summed E-state index contributed by atoms with van der Waals surface area (Å²) in [5.74, 6) is 0.0696. The lowest BCUT2D eigenvalue weighted by Gasteiger charge is -2.29. The van der Waals surface area contributed by atoms with E-state index in [2.05, 4.69) is 16.8 Å². The van der Waals surface area contributed by atoms with Crippen molar-refractivity contribution in [1.82, 2.24) is 9.88 Å². The summed E-state index contributed by atoms with van der Waals surface area (Å²) in [5.41, 5.74) is 4.52. The molecule has 0 aliphatic carbocycles. The zero-order valence-electron chi connectivity index (χ0n) is 18.3. The van der Waals surface area contributed by atoms with Crippen LogP contribution in [0.2, 0.25) is 0 Å². The van der Waals surface area contributed by atoms with Gasteiger partial charge in [0.05, 0.1) is 12.2 Å². The summed E-state index contributed by atoms with van der Waals surface area (Å²) in [4.78, 5) is 21.5. The van der Waals surface area contributed by atoms with Crippen LogP contribution in [0.15, 0.2) is 66.9 Å². The van der Waals surface area contributed by atoms with Crippen molar-refractivity contribution in [3.8, 4) is 5.75 Å². The fraction of sp³-hybridized carbons (Fsp3) is 0.250. The molecular weight excluding hydrogens is 440 g/mol. The fourth-order valence-corrected chi connectivity index (χ4v) is 4.33. The summed E-state index contributed by atoms with van der Waals surface area (Å²) in [6.07, 6.45) is 2.47. The van der Waals surface area contributed by atoms with Crippen molar-refractivity contribution in [2.45, 2.75) is 26.4 Å². The molecule has 3 aromatic rings. The highest BCUT2D eigenvalue weighted by Crippen LogP contribution is 2.26. The topological polar surface area (TPSA) is 106 Å². The van der Waals surface area contributed by atoms with Crippen LogP contribution >= 0.6 is 0 Å². The Balaban J connectivity index is 1.46. The van der Waals surface area contributed by atoms with Gasteiger partial charge >= 0.3 is 10.3 Å². The Morgan fingerprint density at radius 2 is 1.91 bits per heavy atom. The number of hydrogen-bond donors (Lipinski definition) is 1.